The van der Waals surface area contributed by atoms with E-state index in [-0.39, 0.29) is 12.4 Å². The Bertz CT molecular complexity index is 1250. The molecule has 0 fully saturated rings. The number of amides is 1. The lowest BCUT2D eigenvalue weighted by molar-refractivity contribution is -0.140. The average molecular weight is 458 g/mol. The van der Waals surface area contributed by atoms with E-state index in [1.54, 1.807) is 18.2 Å². The molecule has 0 radical (unpaired) electrons. The molecule has 3 aromatic rings. The van der Waals surface area contributed by atoms with Gasteiger partial charge < -0.3 is 28.3 Å². The Labute approximate surface area is 187 Å². The molecule has 0 spiro atoms. The van der Waals surface area contributed by atoms with Crippen LogP contribution < -0.4 is 23.7 Å². The predicted octanol–water partition coefficient (Wildman–Crippen LogP) is 2.80. The van der Waals surface area contributed by atoms with E-state index in [4.69, 9.17) is 23.7 Å². The van der Waals surface area contributed by atoms with Crippen molar-refractivity contribution in [3.63, 3.8) is 0 Å². The van der Waals surface area contributed by atoms with E-state index in [0.29, 0.717) is 53.1 Å². The maximum absolute atomic E-state index is 13.0. The molecular weight excluding hydrogens is 436 g/mol. The number of nitrogens with zero attached hydrogens (tertiary/aromatic N) is 2. The average Bonchev–Trinajstić information content (AvgIpc) is 3.15. The van der Waals surface area contributed by atoms with Crippen LogP contribution in [0.4, 0.5) is 0 Å². The summed E-state index contributed by atoms with van der Waals surface area (Å²) in [6.07, 6.45) is 0.133. The molecule has 0 saturated carbocycles. The van der Waals surface area contributed by atoms with Crippen LogP contribution in [0, 0.1) is 0 Å². The number of methoxy groups -OCH3 is 3. The largest absolute Gasteiger partial charge is 0.493 e. The lowest BCUT2D eigenvalue weighted by atomic mass is 10.2. The summed E-state index contributed by atoms with van der Waals surface area (Å²) >= 11 is 1.33. The number of ether oxygens (including phenoxy) is 5. The normalized spacial score (nSPS) is 13.2. The first-order chi connectivity index (χ1) is 15.5. The van der Waals surface area contributed by atoms with E-state index in [2.05, 4.69) is 4.99 Å². The minimum atomic E-state index is -0.443. The van der Waals surface area contributed by atoms with E-state index >= 15 is 0 Å². The molecule has 4 rings (SSSR count). The Morgan fingerprint density at radius 2 is 1.75 bits per heavy atom. The van der Waals surface area contributed by atoms with Crippen LogP contribution in [-0.4, -0.2) is 51.0 Å². The van der Waals surface area contributed by atoms with Crippen molar-refractivity contribution in [3.05, 3.63) is 40.7 Å². The van der Waals surface area contributed by atoms with Crippen molar-refractivity contribution < 1.29 is 33.3 Å². The number of hydrogen-bond donors (Lipinski definition) is 0. The number of aromatic nitrogens is 1. The zero-order chi connectivity index (χ0) is 22.7. The second-order valence-electron chi connectivity index (χ2n) is 6.81. The van der Waals surface area contributed by atoms with Gasteiger partial charge in [0.15, 0.2) is 27.8 Å². The number of hydrogen-bond acceptors (Lipinski definition) is 8. The molecule has 10 heteroatoms. The number of aryl methyl sites for hydroxylation is 1. The highest BCUT2D eigenvalue weighted by molar-refractivity contribution is 7.16. The van der Waals surface area contributed by atoms with Crippen molar-refractivity contribution in [1.29, 1.82) is 0 Å². The van der Waals surface area contributed by atoms with Crippen LogP contribution >= 0.6 is 11.3 Å². The molecule has 1 amide bonds. The zero-order valence-corrected chi connectivity index (χ0v) is 18.7. The summed E-state index contributed by atoms with van der Waals surface area (Å²) in [5, 5.41) is 0. The van der Waals surface area contributed by atoms with Crippen molar-refractivity contribution in [3.8, 4) is 23.0 Å². The van der Waals surface area contributed by atoms with E-state index in [1.165, 1.54) is 32.7 Å². The van der Waals surface area contributed by atoms with Gasteiger partial charge in [-0.2, -0.15) is 4.99 Å². The predicted molar refractivity (Wildman–Crippen MR) is 117 cm³/mol. The highest BCUT2D eigenvalue weighted by atomic mass is 32.1. The monoisotopic (exact) mass is 458 g/mol. The Kier molecular flexibility index (Phi) is 6.31. The molecule has 2 aromatic carbocycles. The molecule has 0 saturated heterocycles. The summed E-state index contributed by atoms with van der Waals surface area (Å²) in [4.78, 5) is 29.5. The van der Waals surface area contributed by atoms with Crippen molar-refractivity contribution in [2.45, 2.75) is 13.0 Å². The van der Waals surface area contributed by atoms with E-state index in [0.717, 1.165) is 10.2 Å². The molecule has 1 aliphatic rings. The number of carbonyl (C=O) groups excluding carboxylic acids is 2. The molecule has 168 valence electrons. The smallest absolute Gasteiger partial charge is 0.307 e. The third kappa shape index (κ3) is 4.26. The molecule has 0 N–H and O–H groups in total. The fraction of sp³-hybridized carbons (Fsp3) is 0.318. The molecule has 0 atom stereocenters. The third-order valence-electron chi connectivity index (χ3n) is 4.94. The van der Waals surface area contributed by atoms with Gasteiger partial charge in [0.05, 0.1) is 38.0 Å². The second-order valence-corrected chi connectivity index (χ2v) is 7.82. The minimum absolute atomic E-state index is 0.133. The van der Waals surface area contributed by atoms with Gasteiger partial charge in [0.2, 0.25) is 0 Å². The zero-order valence-electron chi connectivity index (χ0n) is 17.9. The van der Waals surface area contributed by atoms with Crippen LogP contribution in [0.5, 0.6) is 23.0 Å². The van der Waals surface area contributed by atoms with Crippen LogP contribution in [0.2, 0.25) is 0 Å². The topological polar surface area (TPSA) is 97.6 Å². The number of fused-ring (bicyclic) bond motifs is 2. The number of esters is 1. The first kappa shape index (κ1) is 21.7. The first-order valence-electron chi connectivity index (χ1n) is 9.85. The summed E-state index contributed by atoms with van der Waals surface area (Å²) in [6.45, 7) is 1.23. The molecule has 2 heterocycles. The molecule has 0 bridgehead atoms. The Morgan fingerprint density at radius 1 is 1.03 bits per heavy atom. The highest BCUT2D eigenvalue weighted by Gasteiger charge is 2.18. The van der Waals surface area contributed by atoms with Gasteiger partial charge in [-0.25, -0.2) is 0 Å². The fourth-order valence-corrected chi connectivity index (χ4v) is 4.40. The quantitative estimate of drug-likeness (QED) is 0.524. The van der Waals surface area contributed by atoms with Crippen molar-refractivity contribution in [2.24, 2.45) is 4.99 Å². The highest BCUT2D eigenvalue weighted by Crippen LogP contribution is 2.35. The Morgan fingerprint density at radius 3 is 2.44 bits per heavy atom. The van der Waals surface area contributed by atoms with Gasteiger partial charge in [-0.3, -0.25) is 9.59 Å². The summed E-state index contributed by atoms with van der Waals surface area (Å²) in [7, 11) is 4.37. The van der Waals surface area contributed by atoms with Crippen LogP contribution in [0.25, 0.3) is 10.2 Å². The molecule has 9 nitrogen and oxygen atoms in total. The summed E-state index contributed by atoms with van der Waals surface area (Å²) in [5.41, 5.74) is 1.15. The van der Waals surface area contributed by atoms with Gasteiger partial charge in [-0.1, -0.05) is 11.3 Å². The van der Waals surface area contributed by atoms with Crippen LogP contribution in [-0.2, 0) is 16.1 Å². The molecule has 1 aromatic heterocycles. The first-order valence-corrected chi connectivity index (χ1v) is 10.7. The number of benzene rings is 2. The maximum Gasteiger partial charge on any atom is 0.307 e. The molecular formula is C22H22N2O7S. The second kappa shape index (κ2) is 9.31. The lowest BCUT2D eigenvalue weighted by Crippen LogP contribution is -2.19. The standard InChI is InChI=1S/C22H22N2O7S/c1-27-15-5-4-13(10-16(15)28-2)21(26)23-22-24(7-6-20(25)29-3)14-11-17-18(12-19(14)32-22)31-9-8-30-17/h4-5,10-12H,6-9H2,1-3H3. The van der Waals surface area contributed by atoms with Crippen LogP contribution in [0.15, 0.2) is 35.3 Å². The summed E-state index contributed by atoms with van der Waals surface area (Å²) in [6, 6.07) is 8.57. The third-order valence-corrected chi connectivity index (χ3v) is 5.98. The van der Waals surface area contributed by atoms with E-state index in [9.17, 15) is 9.59 Å². The molecule has 1 aliphatic heterocycles. The van der Waals surface area contributed by atoms with Gasteiger partial charge in [-0.15, -0.1) is 0 Å². The number of carbonyl (C=O) groups is 2. The maximum atomic E-state index is 13.0. The van der Waals surface area contributed by atoms with Gasteiger partial charge >= 0.3 is 5.97 Å². The fourth-order valence-electron chi connectivity index (χ4n) is 3.33. The van der Waals surface area contributed by atoms with Gasteiger partial charge in [0.25, 0.3) is 5.91 Å². The molecule has 0 unspecified atom stereocenters. The van der Waals surface area contributed by atoms with Crippen molar-refractivity contribution in [1.82, 2.24) is 4.57 Å². The van der Waals surface area contributed by atoms with E-state index in [1.807, 2.05) is 16.7 Å². The Balaban J connectivity index is 1.80. The number of thiazole rings is 1. The summed E-state index contributed by atoms with van der Waals surface area (Å²) in [5.74, 6) is 1.41. The number of rotatable bonds is 6. The van der Waals surface area contributed by atoms with Gasteiger partial charge in [0.1, 0.15) is 13.2 Å². The van der Waals surface area contributed by atoms with Gasteiger partial charge in [-0.05, 0) is 18.2 Å². The van der Waals surface area contributed by atoms with Crippen LogP contribution in [0.1, 0.15) is 16.8 Å². The SMILES string of the molecule is COC(=O)CCn1c(=NC(=O)c2ccc(OC)c(OC)c2)sc2cc3c(cc21)OCCO3. The van der Waals surface area contributed by atoms with E-state index < -0.39 is 5.91 Å². The molecule has 32 heavy (non-hydrogen) atoms. The van der Waals surface area contributed by atoms with Crippen molar-refractivity contribution in [2.75, 3.05) is 34.5 Å². The minimum Gasteiger partial charge on any atom is -0.493 e. The molecule has 0 aliphatic carbocycles. The Hall–Kier alpha value is -3.53. The lowest BCUT2D eigenvalue weighted by Gasteiger charge is -2.18. The van der Waals surface area contributed by atoms with Gasteiger partial charge in [0, 0.05) is 24.2 Å². The summed E-state index contributed by atoms with van der Waals surface area (Å²) < 4.78 is 29.3. The van der Waals surface area contributed by atoms with Crippen molar-refractivity contribution >= 4 is 33.4 Å². The van der Waals surface area contributed by atoms with Crippen LogP contribution in [0.3, 0.4) is 0 Å².